The molecule has 11 nitrogen and oxygen atoms in total. The van der Waals surface area contributed by atoms with Crippen LogP contribution in [0.25, 0.3) is 0 Å². The number of hydrogen-bond donors (Lipinski definition) is 0. The molecule has 1 rings (SSSR count). The second-order valence-electron chi connectivity index (χ2n) is 5.28. The lowest BCUT2D eigenvalue weighted by molar-refractivity contribution is -0.294. The molecule has 0 saturated carbocycles. The minimum absolute atomic E-state index is 0.814. The molecular formula is C15H20O11. The van der Waals surface area contributed by atoms with Crippen molar-refractivity contribution >= 4 is 29.8 Å². The molecule has 0 N–H and O–H groups in total. The summed E-state index contributed by atoms with van der Waals surface area (Å²) in [5.41, 5.74) is 0. The quantitative estimate of drug-likeness (QED) is 0.441. The first kappa shape index (κ1) is 21.4. The highest BCUT2D eigenvalue weighted by Gasteiger charge is 2.56. The van der Waals surface area contributed by atoms with Crippen LogP contribution < -0.4 is 0 Å². The van der Waals surface area contributed by atoms with Gasteiger partial charge in [0.15, 0.2) is 18.3 Å². The van der Waals surface area contributed by atoms with Crippen molar-refractivity contribution in [2.75, 3.05) is 7.11 Å². The zero-order valence-electron chi connectivity index (χ0n) is 14.9. The highest BCUT2D eigenvalue weighted by atomic mass is 16.7. The molecule has 0 spiro atoms. The molecule has 146 valence electrons. The molecule has 0 aliphatic carbocycles. The summed E-state index contributed by atoms with van der Waals surface area (Å²) in [5, 5.41) is 0. The molecule has 5 atom stereocenters. The van der Waals surface area contributed by atoms with E-state index in [9.17, 15) is 24.0 Å². The first-order valence-electron chi connectivity index (χ1n) is 7.49. The third-order valence-electron chi connectivity index (χ3n) is 3.12. The molecule has 1 fully saturated rings. The van der Waals surface area contributed by atoms with E-state index in [1.54, 1.807) is 0 Å². The Labute approximate surface area is 148 Å². The number of carbonyl (C=O) groups is 5. The highest BCUT2D eigenvalue weighted by molar-refractivity contribution is 5.77. The third-order valence-corrected chi connectivity index (χ3v) is 3.12. The Morgan fingerprint density at radius 2 is 1.08 bits per heavy atom. The minimum Gasteiger partial charge on any atom is -0.467 e. The lowest BCUT2D eigenvalue weighted by atomic mass is 9.97. The van der Waals surface area contributed by atoms with Crippen LogP contribution >= 0.6 is 0 Å². The summed E-state index contributed by atoms with van der Waals surface area (Å²) in [4.78, 5) is 57.7. The zero-order chi connectivity index (χ0) is 20.0. The van der Waals surface area contributed by atoms with Gasteiger partial charge in [0.1, 0.15) is 0 Å². The maximum atomic E-state index is 12.0. The smallest absolute Gasteiger partial charge is 0.339 e. The molecule has 11 heteroatoms. The molecule has 0 aromatic heterocycles. The molecular weight excluding hydrogens is 356 g/mol. The van der Waals surface area contributed by atoms with Crippen molar-refractivity contribution in [3.05, 3.63) is 0 Å². The molecule has 0 aromatic rings. The molecule has 1 aliphatic heterocycles. The molecule has 0 bridgehead atoms. The average molecular weight is 376 g/mol. The fourth-order valence-corrected chi connectivity index (χ4v) is 2.34. The fraction of sp³-hybridized carbons (Fsp3) is 0.667. The lowest BCUT2D eigenvalue weighted by Crippen LogP contribution is -2.64. The van der Waals surface area contributed by atoms with Crippen molar-refractivity contribution in [2.45, 2.75) is 58.4 Å². The van der Waals surface area contributed by atoms with E-state index in [0.29, 0.717) is 0 Å². The summed E-state index contributed by atoms with van der Waals surface area (Å²) < 4.78 is 30.0. The van der Waals surface area contributed by atoms with E-state index in [0.717, 1.165) is 34.8 Å². The lowest BCUT2D eigenvalue weighted by Gasteiger charge is -2.42. The van der Waals surface area contributed by atoms with Crippen LogP contribution in [-0.4, -0.2) is 67.7 Å². The third kappa shape index (κ3) is 5.69. The number of rotatable bonds is 5. The molecule has 0 radical (unpaired) electrons. The molecule has 0 amide bonds. The summed E-state index contributed by atoms with van der Waals surface area (Å²) >= 11 is 0. The van der Waals surface area contributed by atoms with Crippen molar-refractivity contribution in [3.8, 4) is 0 Å². The number of ether oxygens (including phenoxy) is 6. The second-order valence-corrected chi connectivity index (χ2v) is 5.28. The summed E-state index contributed by atoms with van der Waals surface area (Å²) in [6.45, 7) is 4.22. The van der Waals surface area contributed by atoms with Gasteiger partial charge in [0.05, 0.1) is 7.11 Å². The van der Waals surface area contributed by atoms with Gasteiger partial charge >= 0.3 is 29.8 Å². The Morgan fingerprint density at radius 1 is 0.654 bits per heavy atom. The van der Waals surface area contributed by atoms with E-state index in [1.807, 2.05) is 0 Å². The predicted molar refractivity (Wildman–Crippen MR) is 79.1 cm³/mol. The number of esters is 5. The Morgan fingerprint density at radius 3 is 1.50 bits per heavy atom. The van der Waals surface area contributed by atoms with Crippen molar-refractivity contribution in [2.24, 2.45) is 0 Å². The summed E-state index contributed by atoms with van der Waals surface area (Å²) in [7, 11) is 1.05. The van der Waals surface area contributed by atoms with Crippen molar-refractivity contribution in [1.29, 1.82) is 0 Å². The maximum absolute atomic E-state index is 12.0. The van der Waals surface area contributed by atoms with Crippen LogP contribution in [0.3, 0.4) is 0 Å². The van der Waals surface area contributed by atoms with Crippen LogP contribution in [0.5, 0.6) is 0 Å². The normalized spacial score (nSPS) is 27.7. The van der Waals surface area contributed by atoms with E-state index in [-0.39, 0.29) is 0 Å². The summed E-state index contributed by atoms with van der Waals surface area (Å²) in [6.07, 6.45) is -7.66. The van der Waals surface area contributed by atoms with Crippen molar-refractivity contribution < 1.29 is 52.4 Å². The molecule has 26 heavy (non-hydrogen) atoms. The van der Waals surface area contributed by atoms with Gasteiger partial charge < -0.3 is 28.4 Å². The van der Waals surface area contributed by atoms with Crippen molar-refractivity contribution in [3.63, 3.8) is 0 Å². The van der Waals surface area contributed by atoms with Gasteiger partial charge in [-0.2, -0.15) is 0 Å². The van der Waals surface area contributed by atoms with E-state index in [2.05, 4.69) is 4.74 Å². The fourth-order valence-electron chi connectivity index (χ4n) is 2.34. The molecule has 0 aromatic carbocycles. The first-order chi connectivity index (χ1) is 12.1. The van der Waals surface area contributed by atoms with Gasteiger partial charge in [-0.1, -0.05) is 0 Å². The number of methoxy groups -OCH3 is 1. The topological polar surface area (TPSA) is 141 Å². The summed E-state index contributed by atoms with van der Waals surface area (Å²) in [5.74, 6) is -4.25. The highest BCUT2D eigenvalue weighted by Crippen LogP contribution is 2.30. The monoisotopic (exact) mass is 376 g/mol. The average Bonchev–Trinajstić information content (AvgIpc) is 2.50. The van der Waals surface area contributed by atoms with Crippen LogP contribution in [0, 0.1) is 0 Å². The van der Waals surface area contributed by atoms with Crippen LogP contribution in [0.4, 0.5) is 0 Å². The standard InChI is InChI=1S/C15H20O11/c1-6(16)22-10-11(23-7(2)17)13(24-8(3)18)15(25-9(4)19)26-12(10)14(20)21-5/h10-13,15H,1-5H3/t10-,11+,12+,13+,15?/m0/s1. The van der Waals surface area contributed by atoms with E-state index < -0.39 is 60.6 Å². The number of hydrogen-bond acceptors (Lipinski definition) is 11. The first-order valence-corrected chi connectivity index (χ1v) is 7.49. The molecule has 1 saturated heterocycles. The van der Waals surface area contributed by atoms with Gasteiger partial charge in [-0.3, -0.25) is 19.2 Å². The van der Waals surface area contributed by atoms with E-state index >= 15 is 0 Å². The van der Waals surface area contributed by atoms with Gasteiger partial charge in [0.2, 0.25) is 12.4 Å². The SMILES string of the molecule is COC(=O)[C@@H]1OC(OC(C)=O)[C@H](OC(C)=O)[C@H](OC(C)=O)[C@@H]1OC(C)=O. The predicted octanol–water partition coefficient (Wildman–Crippen LogP) is -0.757. The Bertz CT molecular complexity index is 584. The maximum Gasteiger partial charge on any atom is 0.339 e. The minimum atomic E-state index is -1.60. The van der Waals surface area contributed by atoms with Crippen LogP contribution in [-0.2, 0) is 52.4 Å². The largest absolute Gasteiger partial charge is 0.467 e. The van der Waals surface area contributed by atoms with Gasteiger partial charge in [-0.05, 0) is 0 Å². The second kappa shape index (κ2) is 9.13. The summed E-state index contributed by atoms with van der Waals surface area (Å²) in [6, 6.07) is 0. The van der Waals surface area contributed by atoms with E-state index in [1.165, 1.54) is 0 Å². The van der Waals surface area contributed by atoms with Crippen molar-refractivity contribution in [1.82, 2.24) is 0 Å². The van der Waals surface area contributed by atoms with Gasteiger partial charge in [0, 0.05) is 27.7 Å². The zero-order valence-corrected chi connectivity index (χ0v) is 14.9. The Hall–Kier alpha value is -2.69. The van der Waals surface area contributed by atoms with Gasteiger partial charge in [-0.25, -0.2) is 4.79 Å². The molecule has 1 unspecified atom stereocenters. The Balaban J connectivity index is 3.37. The van der Waals surface area contributed by atoms with Gasteiger partial charge in [-0.15, -0.1) is 0 Å². The van der Waals surface area contributed by atoms with Crippen LogP contribution in [0.2, 0.25) is 0 Å². The van der Waals surface area contributed by atoms with Gasteiger partial charge in [0.25, 0.3) is 0 Å². The Kier molecular flexibility index (Phi) is 7.50. The molecule has 1 aliphatic rings. The number of carbonyl (C=O) groups excluding carboxylic acids is 5. The van der Waals surface area contributed by atoms with Crippen LogP contribution in [0.1, 0.15) is 27.7 Å². The van der Waals surface area contributed by atoms with Crippen LogP contribution in [0.15, 0.2) is 0 Å². The molecule has 1 heterocycles. The van der Waals surface area contributed by atoms with E-state index in [4.69, 9.17) is 23.7 Å².